The fourth-order valence-corrected chi connectivity index (χ4v) is 3.88. The number of piperazine rings is 1. The van der Waals surface area contributed by atoms with Crippen LogP contribution in [0.4, 0.5) is 0 Å². The van der Waals surface area contributed by atoms with E-state index in [0.29, 0.717) is 31.7 Å². The van der Waals surface area contributed by atoms with Gasteiger partial charge in [0.25, 0.3) is 5.91 Å². The highest BCUT2D eigenvalue weighted by molar-refractivity contribution is 8.00. The molecule has 0 bridgehead atoms. The van der Waals surface area contributed by atoms with Crippen molar-refractivity contribution in [1.29, 1.82) is 0 Å². The van der Waals surface area contributed by atoms with E-state index in [1.165, 1.54) is 0 Å². The van der Waals surface area contributed by atoms with Crippen LogP contribution in [0.15, 0.2) is 65.6 Å². The summed E-state index contributed by atoms with van der Waals surface area (Å²) in [6.07, 6.45) is 0. The van der Waals surface area contributed by atoms with E-state index in [1.807, 2.05) is 77.4 Å². The Morgan fingerprint density at radius 3 is 1.96 bits per heavy atom. The van der Waals surface area contributed by atoms with Crippen LogP contribution in [0.3, 0.4) is 0 Å². The second-order valence-corrected chi connectivity index (χ2v) is 7.47. The molecular formula is C20H22N2O2S. The molecule has 1 saturated heterocycles. The average molecular weight is 354 g/mol. The molecule has 1 heterocycles. The Bertz CT molecular complexity index is 713. The maximum Gasteiger partial charge on any atom is 0.253 e. The summed E-state index contributed by atoms with van der Waals surface area (Å²) in [6, 6.07) is 19.3. The van der Waals surface area contributed by atoms with Gasteiger partial charge in [0.2, 0.25) is 5.91 Å². The quantitative estimate of drug-likeness (QED) is 0.792. The van der Waals surface area contributed by atoms with E-state index in [1.54, 1.807) is 11.8 Å². The van der Waals surface area contributed by atoms with Crippen LogP contribution in [-0.2, 0) is 4.79 Å². The number of hydrogen-bond acceptors (Lipinski definition) is 3. The van der Waals surface area contributed by atoms with Crippen molar-refractivity contribution in [2.75, 3.05) is 26.2 Å². The first-order chi connectivity index (χ1) is 12.1. The molecule has 4 nitrogen and oxygen atoms in total. The number of nitrogens with zero attached hydrogens (tertiary/aromatic N) is 2. The first-order valence-electron chi connectivity index (χ1n) is 8.50. The van der Waals surface area contributed by atoms with Crippen LogP contribution < -0.4 is 0 Å². The van der Waals surface area contributed by atoms with Crippen molar-refractivity contribution in [1.82, 2.24) is 9.80 Å². The molecule has 1 aliphatic heterocycles. The molecule has 0 aromatic heterocycles. The Hall–Kier alpha value is -2.27. The number of hydrogen-bond donors (Lipinski definition) is 0. The van der Waals surface area contributed by atoms with Gasteiger partial charge in [0.1, 0.15) is 0 Å². The Labute approximate surface area is 152 Å². The number of rotatable bonds is 4. The molecule has 5 heteroatoms. The summed E-state index contributed by atoms with van der Waals surface area (Å²) in [6.45, 7) is 4.31. The van der Waals surface area contributed by atoms with E-state index in [4.69, 9.17) is 0 Å². The summed E-state index contributed by atoms with van der Waals surface area (Å²) in [5.74, 6) is 0.181. The summed E-state index contributed by atoms with van der Waals surface area (Å²) in [7, 11) is 0. The SMILES string of the molecule is C[C@H](Sc1ccccc1)C(=O)N1CCN(C(=O)c2ccccc2)CC1. The lowest BCUT2D eigenvalue weighted by Gasteiger charge is -2.36. The molecule has 3 rings (SSSR count). The van der Waals surface area contributed by atoms with Gasteiger partial charge < -0.3 is 9.80 Å². The Morgan fingerprint density at radius 1 is 0.840 bits per heavy atom. The molecule has 2 amide bonds. The topological polar surface area (TPSA) is 40.6 Å². The van der Waals surface area contributed by atoms with Gasteiger partial charge in [-0.25, -0.2) is 0 Å². The fourth-order valence-electron chi connectivity index (χ4n) is 2.90. The van der Waals surface area contributed by atoms with Crippen molar-refractivity contribution in [3.8, 4) is 0 Å². The number of carbonyl (C=O) groups excluding carboxylic acids is 2. The molecule has 1 fully saturated rings. The van der Waals surface area contributed by atoms with Crippen LogP contribution in [0.2, 0.25) is 0 Å². The van der Waals surface area contributed by atoms with Crippen molar-refractivity contribution in [2.45, 2.75) is 17.1 Å². The standard InChI is InChI=1S/C20H22N2O2S/c1-16(25-18-10-6-3-7-11-18)19(23)21-12-14-22(15-13-21)20(24)17-8-4-2-5-9-17/h2-11,16H,12-15H2,1H3/t16-/m0/s1. The minimum Gasteiger partial charge on any atom is -0.338 e. The van der Waals surface area contributed by atoms with Gasteiger partial charge in [0.15, 0.2) is 0 Å². The van der Waals surface area contributed by atoms with Gasteiger partial charge in [-0.3, -0.25) is 9.59 Å². The third kappa shape index (κ3) is 4.42. The minimum absolute atomic E-state index is 0.0411. The minimum atomic E-state index is -0.126. The largest absolute Gasteiger partial charge is 0.338 e. The third-order valence-corrected chi connectivity index (χ3v) is 5.40. The molecule has 0 N–H and O–H groups in total. The summed E-state index contributed by atoms with van der Waals surface area (Å²) >= 11 is 1.58. The van der Waals surface area contributed by atoms with Crippen LogP contribution in [0.5, 0.6) is 0 Å². The van der Waals surface area contributed by atoms with E-state index in [9.17, 15) is 9.59 Å². The second kappa shape index (κ2) is 8.21. The van der Waals surface area contributed by atoms with E-state index < -0.39 is 0 Å². The van der Waals surface area contributed by atoms with Crippen LogP contribution in [0, 0.1) is 0 Å². The molecule has 1 aliphatic rings. The highest BCUT2D eigenvalue weighted by Gasteiger charge is 2.27. The number of carbonyl (C=O) groups is 2. The third-order valence-electron chi connectivity index (χ3n) is 4.30. The molecule has 0 unspecified atom stereocenters. The summed E-state index contributed by atoms with van der Waals surface area (Å²) < 4.78 is 0. The summed E-state index contributed by atoms with van der Waals surface area (Å²) in [4.78, 5) is 29.9. The Balaban J connectivity index is 1.53. The van der Waals surface area contributed by atoms with Gasteiger partial charge in [0, 0.05) is 36.6 Å². The highest BCUT2D eigenvalue weighted by Crippen LogP contribution is 2.24. The second-order valence-electron chi connectivity index (χ2n) is 6.06. The first-order valence-corrected chi connectivity index (χ1v) is 9.38. The molecule has 25 heavy (non-hydrogen) atoms. The molecule has 0 aliphatic carbocycles. The predicted molar refractivity (Wildman–Crippen MR) is 101 cm³/mol. The van der Waals surface area contributed by atoms with Crippen molar-refractivity contribution >= 4 is 23.6 Å². The Kier molecular flexibility index (Phi) is 5.76. The monoisotopic (exact) mass is 354 g/mol. The Morgan fingerprint density at radius 2 is 1.36 bits per heavy atom. The van der Waals surface area contributed by atoms with Crippen molar-refractivity contribution in [3.05, 3.63) is 66.2 Å². The van der Waals surface area contributed by atoms with E-state index >= 15 is 0 Å². The lowest BCUT2D eigenvalue weighted by Crippen LogP contribution is -2.52. The smallest absolute Gasteiger partial charge is 0.253 e. The van der Waals surface area contributed by atoms with Gasteiger partial charge in [-0.05, 0) is 31.2 Å². The van der Waals surface area contributed by atoms with Crippen molar-refractivity contribution < 1.29 is 9.59 Å². The zero-order chi connectivity index (χ0) is 17.6. The van der Waals surface area contributed by atoms with Gasteiger partial charge in [-0.1, -0.05) is 36.4 Å². The average Bonchev–Trinajstić information content (AvgIpc) is 2.68. The van der Waals surface area contributed by atoms with Crippen LogP contribution in [-0.4, -0.2) is 53.0 Å². The number of benzene rings is 2. The molecule has 0 spiro atoms. The van der Waals surface area contributed by atoms with Crippen LogP contribution >= 0.6 is 11.8 Å². The number of amides is 2. The van der Waals surface area contributed by atoms with E-state index in [0.717, 1.165) is 4.90 Å². The van der Waals surface area contributed by atoms with E-state index in [-0.39, 0.29) is 17.1 Å². The first kappa shape index (κ1) is 17.5. The van der Waals surface area contributed by atoms with Crippen LogP contribution in [0.25, 0.3) is 0 Å². The molecule has 0 radical (unpaired) electrons. The molecule has 1 atom stereocenters. The lowest BCUT2D eigenvalue weighted by atomic mass is 10.2. The molecule has 0 saturated carbocycles. The maximum atomic E-state index is 12.7. The van der Waals surface area contributed by atoms with E-state index in [2.05, 4.69) is 0 Å². The molecule has 2 aromatic carbocycles. The molecule has 130 valence electrons. The lowest BCUT2D eigenvalue weighted by molar-refractivity contribution is -0.131. The summed E-state index contributed by atoms with van der Waals surface area (Å²) in [5, 5.41) is -0.126. The van der Waals surface area contributed by atoms with Gasteiger partial charge in [0.05, 0.1) is 5.25 Å². The fraction of sp³-hybridized carbons (Fsp3) is 0.300. The highest BCUT2D eigenvalue weighted by atomic mass is 32.2. The van der Waals surface area contributed by atoms with Crippen molar-refractivity contribution in [3.63, 3.8) is 0 Å². The summed E-state index contributed by atoms with van der Waals surface area (Å²) in [5.41, 5.74) is 0.704. The zero-order valence-electron chi connectivity index (χ0n) is 14.3. The molecular weight excluding hydrogens is 332 g/mol. The van der Waals surface area contributed by atoms with Crippen molar-refractivity contribution in [2.24, 2.45) is 0 Å². The van der Waals surface area contributed by atoms with Gasteiger partial charge >= 0.3 is 0 Å². The predicted octanol–water partition coefficient (Wildman–Crippen LogP) is 3.15. The van der Waals surface area contributed by atoms with Crippen LogP contribution in [0.1, 0.15) is 17.3 Å². The van der Waals surface area contributed by atoms with Gasteiger partial charge in [-0.2, -0.15) is 0 Å². The zero-order valence-corrected chi connectivity index (χ0v) is 15.1. The number of thioether (sulfide) groups is 1. The maximum absolute atomic E-state index is 12.7. The van der Waals surface area contributed by atoms with Gasteiger partial charge in [-0.15, -0.1) is 11.8 Å². The molecule has 2 aromatic rings. The normalized spacial score (nSPS) is 15.7.